The Labute approximate surface area is 157 Å². The molecule has 0 aliphatic carbocycles. The van der Waals surface area contributed by atoms with Gasteiger partial charge in [-0.15, -0.1) is 0 Å². The van der Waals surface area contributed by atoms with E-state index in [2.05, 4.69) is 13.5 Å². The third kappa shape index (κ3) is 8.94. The average molecular weight is 389 g/mol. The third-order valence-corrected chi connectivity index (χ3v) is 7.95. The second-order valence-corrected chi connectivity index (χ2v) is 9.58. The predicted octanol–water partition coefficient (Wildman–Crippen LogP) is 4.40. The van der Waals surface area contributed by atoms with E-state index in [1.165, 1.54) is 29.6 Å². The highest BCUT2D eigenvalue weighted by molar-refractivity contribution is 8.29. The van der Waals surface area contributed by atoms with Crippen molar-refractivity contribution in [2.45, 2.75) is 27.2 Å². The summed E-state index contributed by atoms with van der Waals surface area (Å²) in [6.45, 7) is 9.24. The van der Waals surface area contributed by atoms with Crippen molar-refractivity contribution in [1.82, 2.24) is 0 Å². The Morgan fingerprint density at radius 3 is 1.83 bits per heavy atom. The Morgan fingerprint density at radius 2 is 1.50 bits per heavy atom. The van der Waals surface area contributed by atoms with Crippen LogP contribution < -0.4 is 0 Å². The Morgan fingerprint density at radius 1 is 1.04 bits per heavy atom. The fourth-order valence-corrected chi connectivity index (χ4v) is 6.53. The molecule has 0 aromatic heterocycles. The fourth-order valence-electron chi connectivity index (χ4n) is 2.00. The molecule has 0 aliphatic rings. The predicted molar refractivity (Wildman–Crippen MR) is 112 cm³/mol. The van der Waals surface area contributed by atoms with Crippen molar-refractivity contribution in [3.05, 3.63) is 37.0 Å². The van der Waals surface area contributed by atoms with E-state index in [0.717, 1.165) is 6.42 Å². The second kappa shape index (κ2) is 12.6. The van der Waals surface area contributed by atoms with Crippen LogP contribution in [0.25, 0.3) is 0 Å². The first-order valence-electron chi connectivity index (χ1n) is 7.80. The Balaban J connectivity index is 5.17. The number of thiol groups is 1. The number of rotatable bonds is 10. The molecule has 0 saturated carbocycles. The molecule has 0 bridgehead atoms. The van der Waals surface area contributed by atoms with Gasteiger partial charge in [0.25, 0.3) is 0 Å². The molecule has 0 radical (unpaired) electrons. The molecule has 0 heterocycles. The summed E-state index contributed by atoms with van der Waals surface area (Å²) in [5, 5.41) is 0.0866. The normalized spacial score (nSPS) is 16.1. The summed E-state index contributed by atoms with van der Waals surface area (Å²) in [6.07, 6.45) is 10.7. The molecule has 0 saturated heterocycles. The molecule has 136 valence electrons. The summed E-state index contributed by atoms with van der Waals surface area (Å²) < 4.78 is 0. The van der Waals surface area contributed by atoms with Gasteiger partial charge in [-0.05, 0) is 55.9 Å². The summed E-state index contributed by atoms with van der Waals surface area (Å²) >= 11 is 2.53. The largest absolute Gasteiger partial charge is 0.284 e. The molecule has 0 N–H and O–H groups in total. The maximum Gasteiger partial charge on any atom is 0.211 e. The van der Waals surface area contributed by atoms with Crippen LogP contribution in [0.1, 0.15) is 27.2 Å². The van der Waals surface area contributed by atoms with Gasteiger partial charge in [-0.2, -0.15) is 10.9 Å². The number of carbonyl (C=O) groups excluding carboxylic acids is 3. The van der Waals surface area contributed by atoms with E-state index in [1.54, 1.807) is 24.3 Å². The van der Waals surface area contributed by atoms with E-state index in [-0.39, 0.29) is 20.8 Å². The molecule has 0 aromatic rings. The van der Waals surface area contributed by atoms with Crippen molar-refractivity contribution in [3.63, 3.8) is 0 Å². The highest BCUT2D eigenvalue weighted by Crippen LogP contribution is 2.40. The standard InChI is InChI=1S/C18H28O3S3/c1-6-10-15(19)22-12-18(9-4,13-23-16(20)11-7-2)14-24(5)17(21)8-3/h6-8,10-11,24H,3,9,12-14H2,1-2,4-5H3. The van der Waals surface area contributed by atoms with Crippen molar-refractivity contribution >= 4 is 49.8 Å². The summed E-state index contributed by atoms with van der Waals surface area (Å²) in [4.78, 5) is 35.6. The molecular formula is C18H28O3S3. The summed E-state index contributed by atoms with van der Waals surface area (Å²) in [6, 6.07) is 0. The molecule has 1 atom stereocenters. The van der Waals surface area contributed by atoms with E-state index in [1.807, 2.05) is 20.1 Å². The summed E-state index contributed by atoms with van der Waals surface area (Å²) in [5.74, 6) is 1.93. The molecule has 0 spiro atoms. The number of hydrogen-bond acceptors (Lipinski definition) is 5. The Bertz CT molecular complexity index is 482. The molecule has 1 unspecified atom stereocenters. The van der Waals surface area contributed by atoms with Crippen LogP contribution in [0.15, 0.2) is 37.0 Å². The van der Waals surface area contributed by atoms with E-state index >= 15 is 0 Å². The van der Waals surface area contributed by atoms with Gasteiger partial charge >= 0.3 is 0 Å². The van der Waals surface area contributed by atoms with Gasteiger partial charge in [0.05, 0.1) is 0 Å². The van der Waals surface area contributed by atoms with Gasteiger partial charge in [0.1, 0.15) is 0 Å². The minimum atomic E-state index is -0.855. The number of thioether (sulfide) groups is 2. The smallest absolute Gasteiger partial charge is 0.211 e. The van der Waals surface area contributed by atoms with Crippen LogP contribution >= 0.6 is 34.4 Å². The monoisotopic (exact) mass is 388 g/mol. The van der Waals surface area contributed by atoms with Gasteiger partial charge in [0.2, 0.25) is 10.2 Å². The van der Waals surface area contributed by atoms with Crippen LogP contribution in [0, 0.1) is 5.41 Å². The van der Waals surface area contributed by atoms with Crippen LogP contribution in [-0.2, 0) is 14.4 Å². The lowest BCUT2D eigenvalue weighted by Crippen LogP contribution is -2.32. The van der Waals surface area contributed by atoms with Gasteiger partial charge in [-0.1, -0.05) is 49.2 Å². The summed E-state index contributed by atoms with van der Waals surface area (Å²) in [5.41, 5.74) is -0.219. The van der Waals surface area contributed by atoms with Gasteiger partial charge < -0.3 is 0 Å². The van der Waals surface area contributed by atoms with Gasteiger partial charge in [-0.25, -0.2) is 0 Å². The van der Waals surface area contributed by atoms with Crippen LogP contribution in [0.2, 0.25) is 0 Å². The fraction of sp³-hybridized carbons (Fsp3) is 0.500. The minimum absolute atomic E-state index is 0.00980. The number of hydrogen-bond donors (Lipinski definition) is 1. The lowest BCUT2D eigenvalue weighted by molar-refractivity contribution is -0.107. The molecule has 3 nitrogen and oxygen atoms in total. The zero-order chi connectivity index (χ0) is 18.6. The average Bonchev–Trinajstić information content (AvgIpc) is 2.57. The van der Waals surface area contributed by atoms with E-state index < -0.39 is 10.9 Å². The molecule has 0 amide bonds. The van der Waals surface area contributed by atoms with Crippen molar-refractivity contribution in [2.75, 3.05) is 23.5 Å². The Hall–Kier alpha value is -0.720. The quantitative estimate of drug-likeness (QED) is 0.444. The van der Waals surface area contributed by atoms with Crippen LogP contribution in [-0.4, -0.2) is 38.9 Å². The van der Waals surface area contributed by atoms with Crippen molar-refractivity contribution in [3.8, 4) is 0 Å². The zero-order valence-electron chi connectivity index (χ0n) is 14.9. The van der Waals surface area contributed by atoms with Crippen LogP contribution in [0.4, 0.5) is 0 Å². The van der Waals surface area contributed by atoms with Crippen molar-refractivity contribution in [2.24, 2.45) is 5.41 Å². The van der Waals surface area contributed by atoms with E-state index in [4.69, 9.17) is 0 Å². The molecular weight excluding hydrogens is 360 g/mol. The molecule has 0 aromatic carbocycles. The van der Waals surface area contributed by atoms with Crippen LogP contribution in [0.3, 0.4) is 0 Å². The molecule has 0 aliphatic heterocycles. The minimum Gasteiger partial charge on any atom is -0.284 e. The SMILES string of the molecule is C=CC(=O)[SH](C)CC(CC)(CSC(=O)C=CC)CSC(=O)C=CC. The van der Waals surface area contributed by atoms with E-state index in [0.29, 0.717) is 17.3 Å². The van der Waals surface area contributed by atoms with Gasteiger partial charge in [0, 0.05) is 11.5 Å². The second-order valence-electron chi connectivity index (χ2n) is 5.47. The molecule has 6 heteroatoms. The van der Waals surface area contributed by atoms with Crippen LogP contribution in [0.5, 0.6) is 0 Å². The Kier molecular flexibility index (Phi) is 12.2. The lowest BCUT2D eigenvalue weighted by Gasteiger charge is -2.34. The van der Waals surface area contributed by atoms with Gasteiger partial charge in [-0.3, -0.25) is 14.4 Å². The molecule has 24 heavy (non-hydrogen) atoms. The maximum absolute atomic E-state index is 11.9. The highest BCUT2D eigenvalue weighted by Gasteiger charge is 2.32. The first-order valence-corrected chi connectivity index (χ1v) is 11.7. The maximum atomic E-state index is 11.9. The van der Waals surface area contributed by atoms with Gasteiger partial charge in [0.15, 0.2) is 5.12 Å². The zero-order valence-corrected chi connectivity index (χ0v) is 17.4. The number of carbonyl (C=O) groups is 3. The third-order valence-electron chi connectivity index (χ3n) is 3.52. The van der Waals surface area contributed by atoms with Crippen molar-refractivity contribution in [1.29, 1.82) is 0 Å². The summed E-state index contributed by atoms with van der Waals surface area (Å²) in [7, 11) is -0.855. The first-order chi connectivity index (χ1) is 11.3. The molecule has 0 rings (SSSR count). The first kappa shape index (κ1) is 23.3. The topological polar surface area (TPSA) is 51.2 Å². The number of allylic oxidation sites excluding steroid dienone is 2. The highest BCUT2D eigenvalue weighted by atomic mass is 32.2. The van der Waals surface area contributed by atoms with E-state index in [9.17, 15) is 14.4 Å². The van der Waals surface area contributed by atoms with Crippen molar-refractivity contribution < 1.29 is 14.4 Å². The molecule has 0 fully saturated rings. The lowest BCUT2D eigenvalue weighted by atomic mass is 9.92.